The van der Waals surface area contributed by atoms with Gasteiger partial charge in [0.15, 0.2) is 0 Å². The lowest BCUT2D eigenvalue weighted by Crippen LogP contribution is -2.34. The number of carbonyl (C=O) groups is 1. The molecule has 0 spiro atoms. The molecule has 1 amide bonds. The number of hydrogen-bond donors (Lipinski definition) is 2. The van der Waals surface area contributed by atoms with E-state index in [4.69, 9.17) is 0 Å². The predicted octanol–water partition coefficient (Wildman–Crippen LogP) is 1.85. The summed E-state index contributed by atoms with van der Waals surface area (Å²) in [6.07, 6.45) is 4.57. The van der Waals surface area contributed by atoms with E-state index in [-0.39, 0.29) is 11.9 Å². The maximum absolute atomic E-state index is 11.3. The topological polar surface area (TPSA) is 41.1 Å². The molecule has 0 aliphatic carbocycles. The Balaban J connectivity index is 3.43. The van der Waals surface area contributed by atoms with E-state index in [9.17, 15) is 4.79 Å². The Morgan fingerprint density at radius 3 is 2.60 bits per heavy atom. The number of rotatable bonds is 8. The maximum Gasteiger partial charge on any atom is 0.221 e. The molecule has 0 aliphatic heterocycles. The van der Waals surface area contributed by atoms with Crippen LogP contribution in [0, 0.1) is 0 Å². The molecule has 0 heterocycles. The number of carbonyl (C=O) groups excluding carboxylic acids is 1. The molecule has 3 nitrogen and oxygen atoms in total. The first-order chi connectivity index (χ1) is 7.06. The standard InChI is InChI=1S/C12H24N2O/c1-5-6-7-11(4)13-9-8-12(15)14-10(2)3/h5,10-11,13H,1,6-9H2,2-4H3,(H,14,15). The zero-order chi connectivity index (χ0) is 11.7. The molecule has 0 rings (SSSR count). The fourth-order valence-electron chi connectivity index (χ4n) is 1.30. The summed E-state index contributed by atoms with van der Waals surface area (Å²) in [5, 5.41) is 6.18. The highest BCUT2D eigenvalue weighted by Gasteiger charge is 2.04. The van der Waals surface area contributed by atoms with Gasteiger partial charge >= 0.3 is 0 Å². The largest absolute Gasteiger partial charge is 0.354 e. The van der Waals surface area contributed by atoms with Crippen LogP contribution in [0.25, 0.3) is 0 Å². The molecule has 2 N–H and O–H groups in total. The van der Waals surface area contributed by atoms with Crippen molar-refractivity contribution in [2.75, 3.05) is 6.54 Å². The third-order valence-corrected chi connectivity index (χ3v) is 2.10. The zero-order valence-corrected chi connectivity index (χ0v) is 10.2. The average molecular weight is 212 g/mol. The average Bonchev–Trinajstić information content (AvgIpc) is 2.13. The molecule has 1 unspecified atom stereocenters. The van der Waals surface area contributed by atoms with Crippen LogP contribution in [0.15, 0.2) is 12.7 Å². The van der Waals surface area contributed by atoms with Crippen molar-refractivity contribution in [1.29, 1.82) is 0 Å². The third kappa shape index (κ3) is 9.47. The van der Waals surface area contributed by atoms with Gasteiger partial charge in [-0.15, -0.1) is 6.58 Å². The van der Waals surface area contributed by atoms with Crippen LogP contribution in [0.5, 0.6) is 0 Å². The zero-order valence-electron chi connectivity index (χ0n) is 10.2. The molecule has 0 fully saturated rings. The molecule has 0 aliphatic rings. The Morgan fingerprint density at radius 1 is 1.40 bits per heavy atom. The van der Waals surface area contributed by atoms with E-state index in [1.165, 1.54) is 0 Å². The molecule has 0 aromatic carbocycles. The SMILES string of the molecule is C=CCCC(C)NCCC(=O)NC(C)C. The number of allylic oxidation sites excluding steroid dienone is 1. The summed E-state index contributed by atoms with van der Waals surface area (Å²) in [5.41, 5.74) is 0. The maximum atomic E-state index is 11.3. The molecule has 3 heteroatoms. The van der Waals surface area contributed by atoms with Crippen molar-refractivity contribution in [1.82, 2.24) is 10.6 Å². The highest BCUT2D eigenvalue weighted by Crippen LogP contribution is 1.96. The van der Waals surface area contributed by atoms with Crippen LogP contribution in [-0.4, -0.2) is 24.5 Å². The lowest BCUT2D eigenvalue weighted by atomic mass is 10.2. The first-order valence-corrected chi connectivity index (χ1v) is 5.70. The molecular formula is C12H24N2O. The van der Waals surface area contributed by atoms with Crippen molar-refractivity contribution in [2.45, 2.75) is 52.1 Å². The summed E-state index contributed by atoms with van der Waals surface area (Å²) in [6.45, 7) is 10.5. The minimum Gasteiger partial charge on any atom is -0.354 e. The van der Waals surface area contributed by atoms with E-state index in [2.05, 4.69) is 24.1 Å². The third-order valence-electron chi connectivity index (χ3n) is 2.10. The van der Waals surface area contributed by atoms with Gasteiger partial charge in [-0.3, -0.25) is 4.79 Å². The lowest BCUT2D eigenvalue weighted by Gasteiger charge is -2.13. The minimum absolute atomic E-state index is 0.119. The van der Waals surface area contributed by atoms with Gasteiger partial charge in [0, 0.05) is 25.0 Å². The summed E-state index contributed by atoms with van der Waals surface area (Å²) < 4.78 is 0. The summed E-state index contributed by atoms with van der Waals surface area (Å²) >= 11 is 0. The van der Waals surface area contributed by atoms with Gasteiger partial charge in [0.05, 0.1) is 0 Å². The fourth-order valence-corrected chi connectivity index (χ4v) is 1.30. The lowest BCUT2D eigenvalue weighted by molar-refractivity contribution is -0.121. The predicted molar refractivity (Wildman–Crippen MR) is 64.8 cm³/mol. The molecule has 0 saturated heterocycles. The monoisotopic (exact) mass is 212 g/mol. The van der Waals surface area contributed by atoms with E-state index in [1.807, 2.05) is 19.9 Å². The second kappa shape index (κ2) is 8.48. The second-order valence-corrected chi connectivity index (χ2v) is 4.19. The number of amides is 1. The molecule has 0 saturated carbocycles. The van der Waals surface area contributed by atoms with Gasteiger partial charge in [0.25, 0.3) is 0 Å². The van der Waals surface area contributed by atoms with Gasteiger partial charge < -0.3 is 10.6 Å². The second-order valence-electron chi connectivity index (χ2n) is 4.19. The highest BCUT2D eigenvalue weighted by molar-refractivity contribution is 5.76. The molecule has 0 aromatic rings. The normalized spacial score (nSPS) is 12.5. The van der Waals surface area contributed by atoms with E-state index in [1.54, 1.807) is 0 Å². The van der Waals surface area contributed by atoms with Gasteiger partial charge in [0.2, 0.25) is 5.91 Å². The summed E-state index contributed by atoms with van der Waals surface area (Å²) in [5.74, 6) is 0.119. The molecule has 0 bridgehead atoms. The summed E-state index contributed by atoms with van der Waals surface area (Å²) in [6, 6.07) is 0.686. The quantitative estimate of drug-likeness (QED) is 0.603. The van der Waals surface area contributed by atoms with Gasteiger partial charge in [-0.1, -0.05) is 6.08 Å². The fraction of sp³-hybridized carbons (Fsp3) is 0.750. The van der Waals surface area contributed by atoms with Crippen LogP contribution in [0.4, 0.5) is 0 Å². The Hall–Kier alpha value is -0.830. The van der Waals surface area contributed by atoms with Crippen LogP contribution in [0.3, 0.4) is 0 Å². The molecule has 15 heavy (non-hydrogen) atoms. The van der Waals surface area contributed by atoms with Crippen LogP contribution in [0.1, 0.15) is 40.0 Å². The smallest absolute Gasteiger partial charge is 0.221 e. The number of hydrogen-bond acceptors (Lipinski definition) is 2. The van der Waals surface area contributed by atoms with Gasteiger partial charge in [-0.25, -0.2) is 0 Å². The minimum atomic E-state index is 0.119. The summed E-state index contributed by atoms with van der Waals surface area (Å²) in [4.78, 5) is 11.3. The Kier molecular flexibility index (Phi) is 8.01. The van der Waals surface area contributed by atoms with E-state index in [0.717, 1.165) is 19.4 Å². The van der Waals surface area contributed by atoms with E-state index >= 15 is 0 Å². The van der Waals surface area contributed by atoms with Crippen LogP contribution in [-0.2, 0) is 4.79 Å². The molecule has 0 aromatic heterocycles. The van der Waals surface area contributed by atoms with Gasteiger partial charge in [-0.05, 0) is 33.6 Å². The van der Waals surface area contributed by atoms with Crippen molar-refractivity contribution in [2.24, 2.45) is 0 Å². The van der Waals surface area contributed by atoms with Crippen molar-refractivity contribution in [3.63, 3.8) is 0 Å². The van der Waals surface area contributed by atoms with Crippen LogP contribution >= 0.6 is 0 Å². The van der Waals surface area contributed by atoms with Crippen LogP contribution < -0.4 is 10.6 Å². The van der Waals surface area contributed by atoms with E-state index in [0.29, 0.717) is 12.5 Å². The van der Waals surface area contributed by atoms with Crippen molar-refractivity contribution in [3.8, 4) is 0 Å². The Morgan fingerprint density at radius 2 is 2.07 bits per heavy atom. The Labute approximate surface area is 93.3 Å². The Bertz CT molecular complexity index is 190. The number of nitrogens with one attached hydrogen (secondary N) is 2. The van der Waals surface area contributed by atoms with Crippen molar-refractivity contribution >= 4 is 5.91 Å². The van der Waals surface area contributed by atoms with Crippen molar-refractivity contribution < 1.29 is 4.79 Å². The molecule has 0 radical (unpaired) electrons. The van der Waals surface area contributed by atoms with Gasteiger partial charge in [-0.2, -0.15) is 0 Å². The van der Waals surface area contributed by atoms with Crippen LogP contribution in [0.2, 0.25) is 0 Å². The first-order valence-electron chi connectivity index (χ1n) is 5.70. The van der Waals surface area contributed by atoms with Gasteiger partial charge in [0.1, 0.15) is 0 Å². The molecule has 1 atom stereocenters. The van der Waals surface area contributed by atoms with E-state index < -0.39 is 0 Å². The molecule has 88 valence electrons. The highest BCUT2D eigenvalue weighted by atomic mass is 16.1. The summed E-state index contributed by atoms with van der Waals surface area (Å²) in [7, 11) is 0. The van der Waals surface area contributed by atoms with Crippen molar-refractivity contribution in [3.05, 3.63) is 12.7 Å². The molecular weight excluding hydrogens is 188 g/mol. The first kappa shape index (κ1) is 14.2.